The molecule has 1 aliphatic heterocycles. The number of H-pyrrole nitrogens is 1. The van der Waals surface area contributed by atoms with Crippen molar-refractivity contribution in [3.8, 4) is 6.07 Å². The monoisotopic (exact) mass is 534 g/mol. The van der Waals surface area contributed by atoms with Gasteiger partial charge in [0.1, 0.15) is 12.5 Å². The van der Waals surface area contributed by atoms with Gasteiger partial charge in [-0.3, -0.25) is 19.4 Å². The smallest absolute Gasteiger partial charge is 0.294 e. The van der Waals surface area contributed by atoms with Crippen LogP contribution in [0.3, 0.4) is 0 Å². The number of nitrogens with one attached hydrogen (secondary N) is 3. The molecule has 0 spiro atoms. The van der Waals surface area contributed by atoms with Crippen molar-refractivity contribution in [2.75, 3.05) is 5.32 Å². The Morgan fingerprint density at radius 3 is 2.49 bits per heavy atom. The first-order valence-corrected chi connectivity index (χ1v) is 12.2. The van der Waals surface area contributed by atoms with E-state index < -0.39 is 11.5 Å². The Morgan fingerprint density at radius 1 is 1.08 bits per heavy atom. The fourth-order valence-corrected chi connectivity index (χ4v) is 4.60. The quantitative estimate of drug-likeness (QED) is 0.283. The fraction of sp³-hybridized carbons (Fsp3) is 0.200. The second kappa shape index (κ2) is 10.4. The van der Waals surface area contributed by atoms with Crippen molar-refractivity contribution in [3.05, 3.63) is 85.8 Å². The highest BCUT2D eigenvalue weighted by Crippen LogP contribution is 2.43. The molecule has 1 unspecified atom stereocenters. The van der Waals surface area contributed by atoms with E-state index in [1.807, 2.05) is 12.1 Å². The number of carbonyl (C=O) groups excluding carboxylic acids is 1. The number of carbonyl (C=O) groups is 1. The molecular formula is C25H20Cl2N8O2. The molecule has 1 aliphatic carbocycles. The lowest BCUT2D eigenvalue weighted by Gasteiger charge is -2.35. The Bertz CT molecular complexity index is 1540. The third kappa shape index (κ3) is 5.18. The minimum absolute atomic E-state index is 0.156. The average molecular weight is 535 g/mol. The molecule has 10 nitrogen and oxygen atoms in total. The molecule has 0 saturated heterocycles. The molecule has 5 rings (SSSR count). The summed E-state index contributed by atoms with van der Waals surface area (Å²) in [5.74, 6) is 0.0441. The van der Waals surface area contributed by atoms with Crippen molar-refractivity contribution in [1.82, 2.24) is 15.2 Å². The summed E-state index contributed by atoms with van der Waals surface area (Å²) in [6.45, 7) is 0. The molecule has 1 amide bonds. The van der Waals surface area contributed by atoms with Crippen LogP contribution in [0.5, 0.6) is 0 Å². The van der Waals surface area contributed by atoms with Gasteiger partial charge in [-0.25, -0.2) is 5.43 Å². The van der Waals surface area contributed by atoms with Gasteiger partial charge in [0.25, 0.3) is 11.5 Å². The first-order chi connectivity index (χ1) is 17.9. The SMILES string of the molecule is N#CCC(=O)NN=C1CCC2=C(C1)C(c1ccc(Cl)cc1)n1[nH]c(=O)c(N=Nc3ccc(Cl)cc3)c1N2. The summed E-state index contributed by atoms with van der Waals surface area (Å²) < 4.78 is 1.73. The Morgan fingerprint density at radius 2 is 1.78 bits per heavy atom. The van der Waals surface area contributed by atoms with Crippen LogP contribution in [0.4, 0.5) is 17.2 Å². The number of halogens is 2. The first-order valence-electron chi connectivity index (χ1n) is 11.4. The summed E-state index contributed by atoms with van der Waals surface area (Å²) >= 11 is 12.1. The second-order valence-electron chi connectivity index (χ2n) is 8.49. The molecule has 2 aliphatic rings. The van der Waals surface area contributed by atoms with E-state index in [1.54, 1.807) is 47.1 Å². The van der Waals surface area contributed by atoms with E-state index in [0.717, 1.165) is 22.5 Å². The van der Waals surface area contributed by atoms with E-state index in [2.05, 4.69) is 31.2 Å². The molecule has 1 aromatic heterocycles. The van der Waals surface area contributed by atoms with Gasteiger partial charge >= 0.3 is 0 Å². The van der Waals surface area contributed by atoms with Crippen molar-refractivity contribution in [2.45, 2.75) is 31.7 Å². The van der Waals surface area contributed by atoms with E-state index in [-0.39, 0.29) is 18.2 Å². The van der Waals surface area contributed by atoms with Gasteiger partial charge in [0.2, 0.25) is 0 Å². The molecule has 37 heavy (non-hydrogen) atoms. The minimum atomic E-state index is -0.460. The second-order valence-corrected chi connectivity index (χ2v) is 9.36. The molecule has 0 fully saturated rings. The lowest BCUT2D eigenvalue weighted by Crippen LogP contribution is -2.30. The molecule has 2 heterocycles. The number of nitrogens with zero attached hydrogens (tertiary/aromatic N) is 5. The number of aromatic nitrogens is 2. The number of hydrogen-bond acceptors (Lipinski definition) is 7. The standard InChI is InChI=1S/C25H20Cl2N8O2/c26-15-3-1-14(2-4-15)23-19-13-18(31-32-21(36)11-12-28)9-10-20(19)29-24-22(25(37)34-35(23)24)33-30-17-7-5-16(27)6-8-17/h1-8,23,29H,9-11,13H2,(H,32,36)(H,34,37). The van der Waals surface area contributed by atoms with E-state index in [4.69, 9.17) is 28.5 Å². The van der Waals surface area contributed by atoms with E-state index in [9.17, 15) is 9.59 Å². The molecule has 12 heteroatoms. The largest absolute Gasteiger partial charge is 0.342 e. The maximum Gasteiger partial charge on any atom is 0.294 e. The van der Waals surface area contributed by atoms with Crippen LogP contribution >= 0.6 is 23.2 Å². The Labute approximate surface area is 221 Å². The van der Waals surface area contributed by atoms with Crippen LogP contribution in [0.1, 0.15) is 37.3 Å². The van der Waals surface area contributed by atoms with E-state index in [1.165, 1.54) is 0 Å². The summed E-state index contributed by atoms with van der Waals surface area (Å²) in [6.07, 6.45) is 1.41. The highest BCUT2D eigenvalue weighted by molar-refractivity contribution is 6.30. The summed E-state index contributed by atoms with van der Waals surface area (Å²) in [5.41, 5.74) is 6.38. The molecule has 0 saturated carbocycles. The zero-order chi connectivity index (χ0) is 25.9. The number of rotatable bonds is 5. The molecule has 1 atom stereocenters. The lowest BCUT2D eigenvalue weighted by atomic mass is 9.85. The predicted octanol–water partition coefficient (Wildman–Crippen LogP) is 5.74. The highest BCUT2D eigenvalue weighted by atomic mass is 35.5. The summed E-state index contributed by atoms with van der Waals surface area (Å²) in [5, 5.41) is 28.9. The summed E-state index contributed by atoms with van der Waals surface area (Å²) in [4.78, 5) is 24.7. The molecule has 0 radical (unpaired) electrons. The zero-order valence-electron chi connectivity index (χ0n) is 19.3. The minimum Gasteiger partial charge on any atom is -0.342 e. The Kier molecular flexibility index (Phi) is 6.90. The molecule has 186 valence electrons. The number of aromatic amines is 1. The number of amides is 1. The van der Waals surface area contributed by atoms with Gasteiger partial charge < -0.3 is 5.32 Å². The highest BCUT2D eigenvalue weighted by Gasteiger charge is 2.35. The van der Waals surface area contributed by atoms with Crippen LogP contribution in [-0.4, -0.2) is 21.4 Å². The van der Waals surface area contributed by atoms with Crippen molar-refractivity contribution in [2.24, 2.45) is 15.3 Å². The third-order valence-electron chi connectivity index (χ3n) is 6.06. The molecular weight excluding hydrogens is 515 g/mol. The number of azo groups is 1. The van der Waals surface area contributed by atoms with Gasteiger partial charge in [-0.1, -0.05) is 35.3 Å². The predicted molar refractivity (Wildman–Crippen MR) is 141 cm³/mol. The lowest BCUT2D eigenvalue weighted by molar-refractivity contribution is -0.120. The topological polar surface area (TPSA) is 140 Å². The van der Waals surface area contributed by atoms with Crippen molar-refractivity contribution in [3.63, 3.8) is 0 Å². The van der Waals surface area contributed by atoms with Gasteiger partial charge in [-0.05, 0) is 60.4 Å². The zero-order valence-corrected chi connectivity index (χ0v) is 20.8. The van der Waals surface area contributed by atoms with Gasteiger partial charge in [0.05, 0.1) is 11.8 Å². The number of hydrazone groups is 1. The normalized spacial score (nSPS) is 17.8. The molecule has 2 aromatic carbocycles. The van der Waals surface area contributed by atoms with Crippen molar-refractivity contribution >= 4 is 52.0 Å². The first kappa shape index (κ1) is 24.5. The molecule has 3 aromatic rings. The fourth-order valence-electron chi connectivity index (χ4n) is 4.35. The van der Waals surface area contributed by atoms with Crippen LogP contribution in [0.15, 0.2) is 79.9 Å². The maximum atomic E-state index is 13.0. The van der Waals surface area contributed by atoms with Crippen LogP contribution in [0.25, 0.3) is 0 Å². The number of fused-ring (bicyclic) bond motifs is 1. The average Bonchev–Trinajstić information content (AvgIpc) is 3.20. The van der Waals surface area contributed by atoms with Crippen LogP contribution < -0.4 is 16.3 Å². The Balaban J connectivity index is 1.53. The van der Waals surface area contributed by atoms with Crippen molar-refractivity contribution in [1.29, 1.82) is 5.26 Å². The summed E-state index contributed by atoms with van der Waals surface area (Å²) in [7, 11) is 0. The number of allylic oxidation sites excluding steroid dienone is 2. The summed E-state index contributed by atoms with van der Waals surface area (Å²) in [6, 6.07) is 15.7. The van der Waals surface area contributed by atoms with Crippen molar-refractivity contribution < 1.29 is 4.79 Å². The molecule has 0 bridgehead atoms. The number of hydrogen-bond donors (Lipinski definition) is 3. The Hall–Kier alpha value is -4.20. The van der Waals surface area contributed by atoms with Crippen LogP contribution in [0.2, 0.25) is 10.0 Å². The van der Waals surface area contributed by atoms with Crippen LogP contribution in [-0.2, 0) is 4.79 Å². The number of anilines is 1. The van der Waals surface area contributed by atoms with Gasteiger partial charge in [0, 0.05) is 27.9 Å². The van der Waals surface area contributed by atoms with E-state index in [0.29, 0.717) is 40.8 Å². The number of nitriles is 1. The van der Waals surface area contributed by atoms with Crippen LogP contribution in [0, 0.1) is 11.3 Å². The van der Waals surface area contributed by atoms with Gasteiger partial charge in [0.15, 0.2) is 11.5 Å². The maximum absolute atomic E-state index is 13.0. The van der Waals surface area contributed by atoms with Gasteiger partial charge in [-0.2, -0.15) is 15.5 Å². The third-order valence-corrected chi connectivity index (χ3v) is 6.57. The number of benzene rings is 2. The van der Waals surface area contributed by atoms with E-state index >= 15 is 0 Å². The van der Waals surface area contributed by atoms with Gasteiger partial charge in [-0.15, -0.1) is 5.11 Å². The molecule has 3 N–H and O–H groups in total.